The molecule has 6 aromatic rings. The standard InChI is InChI=1S/C24H22Br2N6O4S2.C13H11BrN4O2S.B.Na.H/c1-3-35-23(33)17-19(21(27)31(29-17)15-9-5-7-13(25)11-15)37-38-20-18(24(34)36-4-2)30-32(22(20)28)16-10-6-8-14(26)12-16;1-2-20-13(19)11-10(16-7-21)12(15)18(17-11)9-5-3-4-8(14)6-9;;;/h5-12H,3-4,27-28H2,1-2H3;3-6H,2,15H2,1H3;;;/q;;;+1;-1. The Morgan fingerprint density at radius 3 is 1.31 bits per heavy atom. The summed E-state index contributed by atoms with van der Waals surface area (Å²) in [6.45, 7) is 5.67. The quantitative estimate of drug-likeness (QED) is 0.0312. The van der Waals surface area contributed by atoms with Crippen LogP contribution in [-0.2, 0) is 14.2 Å². The van der Waals surface area contributed by atoms with Crippen LogP contribution in [0, 0.1) is 0 Å². The number of ether oxygens (including phenoxy) is 3. The van der Waals surface area contributed by atoms with Gasteiger partial charge < -0.3 is 32.8 Å². The molecule has 0 aliphatic rings. The van der Waals surface area contributed by atoms with E-state index in [1.54, 1.807) is 26.8 Å². The number of hydrogen-bond acceptors (Lipinski definition) is 16. The first-order chi connectivity index (χ1) is 28.3. The average Bonchev–Trinajstić information content (AvgIpc) is 3.84. The molecule has 0 amide bonds. The molecule has 6 N–H and O–H groups in total. The van der Waals surface area contributed by atoms with E-state index in [2.05, 4.69) is 85.5 Å². The van der Waals surface area contributed by atoms with Crippen LogP contribution < -0.4 is 46.8 Å². The molecule has 311 valence electrons. The largest absolute Gasteiger partial charge is 1.00 e. The number of hydrogen-bond donors (Lipinski definition) is 3. The van der Waals surface area contributed by atoms with E-state index >= 15 is 0 Å². The third-order valence-corrected chi connectivity index (χ3v) is 11.6. The Bertz CT molecular complexity index is 2480. The number of aromatic nitrogens is 6. The summed E-state index contributed by atoms with van der Waals surface area (Å²) in [5, 5.41) is 15.2. The van der Waals surface area contributed by atoms with Crippen LogP contribution >= 0.6 is 81.6 Å². The average molecular weight is 1080 g/mol. The van der Waals surface area contributed by atoms with Gasteiger partial charge in [-0.3, -0.25) is 0 Å². The molecule has 61 heavy (non-hydrogen) atoms. The van der Waals surface area contributed by atoms with Gasteiger partial charge in [-0.05, 0) is 109 Å². The van der Waals surface area contributed by atoms with E-state index in [4.69, 9.17) is 31.4 Å². The van der Waals surface area contributed by atoms with Gasteiger partial charge in [0.25, 0.3) is 0 Å². The van der Waals surface area contributed by atoms with E-state index in [0.29, 0.717) is 26.9 Å². The molecule has 16 nitrogen and oxygen atoms in total. The molecule has 0 bridgehead atoms. The van der Waals surface area contributed by atoms with Gasteiger partial charge in [-0.2, -0.15) is 20.3 Å². The second-order valence-corrected chi connectivity index (χ2v) is 16.5. The number of nitrogens with two attached hydrogens (primary N) is 3. The Kier molecular flexibility index (Phi) is 20.3. The number of esters is 3. The van der Waals surface area contributed by atoms with Crippen LogP contribution in [0.5, 0.6) is 0 Å². The second-order valence-electron chi connectivity index (χ2n) is 11.4. The van der Waals surface area contributed by atoms with Gasteiger partial charge in [0.15, 0.2) is 28.6 Å². The van der Waals surface area contributed by atoms with E-state index in [9.17, 15) is 14.4 Å². The van der Waals surface area contributed by atoms with Crippen molar-refractivity contribution in [2.24, 2.45) is 4.99 Å². The summed E-state index contributed by atoms with van der Waals surface area (Å²) >= 11 is 14.8. The fraction of sp³-hybridized carbons (Fsp3) is 0.162. The molecule has 0 aliphatic carbocycles. The number of isothiocyanates is 1. The van der Waals surface area contributed by atoms with E-state index in [-0.39, 0.29) is 99.4 Å². The smallest absolute Gasteiger partial charge is 1.00 e. The van der Waals surface area contributed by atoms with Crippen molar-refractivity contribution in [3.05, 3.63) is 103 Å². The molecule has 3 radical (unpaired) electrons. The number of rotatable bonds is 13. The molecule has 3 heterocycles. The van der Waals surface area contributed by atoms with Crippen LogP contribution in [0.2, 0.25) is 0 Å². The molecule has 0 saturated heterocycles. The molecule has 0 aliphatic heterocycles. The summed E-state index contributed by atoms with van der Waals surface area (Å²) in [6.07, 6.45) is 0. The third-order valence-electron chi connectivity index (χ3n) is 7.58. The minimum atomic E-state index is -0.625. The zero-order chi connectivity index (χ0) is 42.8. The summed E-state index contributed by atoms with van der Waals surface area (Å²) in [5.41, 5.74) is 21.2. The summed E-state index contributed by atoms with van der Waals surface area (Å²) in [6, 6.07) is 21.9. The van der Waals surface area contributed by atoms with Crippen molar-refractivity contribution in [1.29, 1.82) is 0 Å². The van der Waals surface area contributed by atoms with Crippen molar-refractivity contribution in [3.63, 3.8) is 0 Å². The summed E-state index contributed by atoms with van der Waals surface area (Å²) in [7, 11) is 2.24. The number of carbonyl (C=O) groups is 3. The molecule has 0 fully saturated rings. The first kappa shape index (κ1) is 51.5. The minimum Gasteiger partial charge on any atom is -1.00 e. The van der Waals surface area contributed by atoms with E-state index in [1.807, 2.05) is 66.7 Å². The van der Waals surface area contributed by atoms with Crippen molar-refractivity contribution in [3.8, 4) is 17.1 Å². The van der Waals surface area contributed by atoms with Crippen LogP contribution in [0.4, 0.5) is 23.1 Å². The van der Waals surface area contributed by atoms with Gasteiger partial charge >= 0.3 is 47.5 Å². The topological polar surface area (TPSA) is 223 Å². The number of aliphatic imine (C=N–C) groups is 1. The fourth-order valence-corrected chi connectivity index (χ4v) is 8.73. The number of thiocarbonyl (C=S) groups is 1. The zero-order valence-corrected chi connectivity index (χ0v) is 42.0. The van der Waals surface area contributed by atoms with Crippen LogP contribution in [0.15, 0.2) is 101 Å². The number of nitrogens with zero attached hydrogens (tertiary/aromatic N) is 7. The van der Waals surface area contributed by atoms with Gasteiger partial charge in [0.05, 0.1) is 51.8 Å². The summed E-state index contributed by atoms with van der Waals surface area (Å²) in [4.78, 5) is 42.0. The van der Waals surface area contributed by atoms with Crippen molar-refractivity contribution in [2.75, 3.05) is 37.0 Å². The van der Waals surface area contributed by atoms with Gasteiger partial charge in [0.1, 0.15) is 11.6 Å². The Labute approximate surface area is 414 Å². The van der Waals surface area contributed by atoms with Crippen LogP contribution in [-0.4, -0.2) is 80.6 Å². The number of anilines is 3. The number of carbonyl (C=O) groups excluding carboxylic acids is 3. The van der Waals surface area contributed by atoms with E-state index < -0.39 is 17.9 Å². The maximum absolute atomic E-state index is 12.8. The zero-order valence-electron chi connectivity index (χ0n) is 33.8. The predicted molar refractivity (Wildman–Crippen MR) is 248 cm³/mol. The van der Waals surface area contributed by atoms with Crippen LogP contribution in [0.3, 0.4) is 0 Å². The maximum Gasteiger partial charge on any atom is 1.00 e. The van der Waals surface area contributed by atoms with Crippen molar-refractivity contribution >= 4 is 136 Å². The first-order valence-corrected chi connectivity index (χ1v) is 22.1. The molecule has 6 rings (SSSR count). The summed E-state index contributed by atoms with van der Waals surface area (Å²) < 4.78 is 22.2. The molecule has 0 spiro atoms. The molecule has 24 heteroatoms. The monoisotopic (exact) mass is 1080 g/mol. The minimum absolute atomic E-state index is 0. The van der Waals surface area contributed by atoms with Gasteiger partial charge in [0.2, 0.25) is 0 Å². The Hall–Kier alpha value is -3.90. The molecule has 3 aromatic heterocycles. The Morgan fingerprint density at radius 2 is 0.984 bits per heavy atom. The van der Waals surface area contributed by atoms with Crippen molar-refractivity contribution in [1.82, 2.24) is 29.3 Å². The van der Waals surface area contributed by atoms with Crippen LogP contribution in [0.25, 0.3) is 17.1 Å². The molecule has 0 atom stereocenters. The van der Waals surface area contributed by atoms with Gasteiger partial charge in [-0.25, -0.2) is 28.4 Å². The third kappa shape index (κ3) is 12.4. The molecule has 0 saturated carbocycles. The predicted octanol–water partition coefficient (Wildman–Crippen LogP) is 5.76. The van der Waals surface area contributed by atoms with E-state index in [0.717, 1.165) is 35.0 Å². The molecule has 3 aromatic carbocycles. The van der Waals surface area contributed by atoms with Gasteiger partial charge in [-0.15, -0.1) is 0 Å². The molecule has 0 unspecified atom stereocenters. The molecular formula is C37H34BBr3N10NaO6S3. The maximum atomic E-state index is 12.8. The SMILES string of the molecule is CCOC(=O)c1nn(-c2cccc(Br)c2)c(N)c1N=C=S.CCOC(=O)c1nn(-c2cccc(Br)c2)c(N)c1SSc1c(C(=O)OCC)nn(-c2cccc(Br)c2)c1N.[B].[H-].[Na+]. The second kappa shape index (κ2) is 24.1. The van der Waals surface area contributed by atoms with Gasteiger partial charge in [-0.1, -0.05) is 66.0 Å². The first-order valence-electron chi connectivity index (χ1n) is 17.2. The fourth-order valence-electron chi connectivity index (χ4n) is 5.08. The number of nitrogen functional groups attached to an aromatic ring is 3. The van der Waals surface area contributed by atoms with E-state index in [1.165, 1.54) is 14.0 Å². The number of halogens is 3. The molecular weight excluding hydrogens is 1050 g/mol. The van der Waals surface area contributed by atoms with Crippen LogP contribution in [0.1, 0.15) is 53.7 Å². The Morgan fingerprint density at radius 1 is 0.656 bits per heavy atom. The number of benzene rings is 3. The normalized spacial score (nSPS) is 10.3. The van der Waals surface area contributed by atoms with Crippen molar-refractivity contribution in [2.45, 2.75) is 30.6 Å². The van der Waals surface area contributed by atoms with Crippen molar-refractivity contribution < 1.29 is 59.6 Å². The summed E-state index contributed by atoms with van der Waals surface area (Å²) in [5.74, 6) is -1.23. The van der Waals surface area contributed by atoms with Gasteiger partial charge in [0, 0.05) is 21.8 Å². The Balaban J connectivity index is 0.000000471.